The third-order valence-corrected chi connectivity index (χ3v) is 2.86. The molecule has 0 fully saturated rings. The first-order valence-corrected chi connectivity index (χ1v) is 6.16. The Bertz CT molecular complexity index is 360. The van der Waals surface area contributed by atoms with E-state index in [0.29, 0.717) is 0 Å². The topological polar surface area (TPSA) is 0 Å². The van der Waals surface area contributed by atoms with Crippen LogP contribution in [0.4, 0.5) is 0 Å². The lowest BCUT2D eigenvalue weighted by Crippen LogP contribution is -1.87. The molecule has 0 aliphatic carbocycles. The highest BCUT2D eigenvalue weighted by Gasteiger charge is 1.96. The van der Waals surface area contributed by atoms with E-state index in [4.69, 9.17) is 0 Å². The molecule has 1 aromatic carbocycles. The number of thiol groups is 1. The lowest BCUT2D eigenvalue weighted by molar-refractivity contribution is 0.731. The summed E-state index contributed by atoms with van der Waals surface area (Å²) in [5, 5.41) is 0. The van der Waals surface area contributed by atoms with E-state index in [2.05, 4.69) is 57.0 Å². The van der Waals surface area contributed by atoms with Gasteiger partial charge < -0.3 is 0 Å². The summed E-state index contributed by atoms with van der Waals surface area (Å²) in [4.78, 5) is 0.828. The molecule has 0 bridgehead atoms. The largest absolute Gasteiger partial charge is 0.143 e. The Labute approximate surface area is 104 Å². The monoisotopic (exact) mass is 232 g/mol. The van der Waals surface area contributed by atoms with Gasteiger partial charge in [-0.2, -0.15) is 0 Å². The lowest BCUT2D eigenvalue weighted by Gasteiger charge is -2.04. The van der Waals surface area contributed by atoms with Crippen LogP contribution < -0.4 is 0 Å². The Morgan fingerprint density at radius 1 is 1.12 bits per heavy atom. The van der Waals surface area contributed by atoms with Crippen molar-refractivity contribution in [2.24, 2.45) is 0 Å². The number of rotatable bonds is 6. The summed E-state index contributed by atoms with van der Waals surface area (Å²) in [5.74, 6) is 0. The van der Waals surface area contributed by atoms with E-state index in [9.17, 15) is 0 Å². The SMILES string of the molecule is C=C(C)CCCCc1ccc(C(=C)S)cc1. The molecule has 0 saturated carbocycles. The van der Waals surface area contributed by atoms with Crippen LogP contribution in [-0.2, 0) is 6.42 Å². The molecule has 0 aliphatic heterocycles. The van der Waals surface area contributed by atoms with Crippen molar-refractivity contribution in [1.82, 2.24) is 0 Å². The van der Waals surface area contributed by atoms with Gasteiger partial charge in [-0.3, -0.25) is 0 Å². The highest BCUT2D eigenvalue weighted by Crippen LogP contribution is 2.17. The second kappa shape index (κ2) is 6.59. The van der Waals surface area contributed by atoms with Gasteiger partial charge in [0.15, 0.2) is 0 Å². The maximum atomic E-state index is 4.23. The van der Waals surface area contributed by atoms with Crippen LogP contribution in [0.5, 0.6) is 0 Å². The fourth-order valence-corrected chi connectivity index (χ4v) is 1.77. The summed E-state index contributed by atoms with van der Waals surface area (Å²) in [6.07, 6.45) is 4.75. The third-order valence-electron chi connectivity index (χ3n) is 2.61. The van der Waals surface area contributed by atoms with Gasteiger partial charge in [0.2, 0.25) is 0 Å². The number of aryl methyl sites for hydroxylation is 1. The van der Waals surface area contributed by atoms with Crippen LogP contribution in [0.3, 0.4) is 0 Å². The zero-order valence-electron chi connectivity index (χ0n) is 10.00. The molecule has 1 aromatic rings. The van der Waals surface area contributed by atoms with Crippen molar-refractivity contribution in [3.05, 3.63) is 54.1 Å². The average molecular weight is 232 g/mol. The normalized spacial score (nSPS) is 10.1. The first kappa shape index (κ1) is 13.1. The predicted molar refractivity (Wildman–Crippen MR) is 76.8 cm³/mol. The minimum atomic E-state index is 0.828. The molecule has 0 spiro atoms. The maximum absolute atomic E-state index is 4.23. The van der Waals surface area contributed by atoms with Gasteiger partial charge >= 0.3 is 0 Å². The van der Waals surface area contributed by atoms with Gasteiger partial charge in [-0.25, -0.2) is 0 Å². The van der Waals surface area contributed by atoms with Gasteiger partial charge in [0.05, 0.1) is 0 Å². The van der Waals surface area contributed by atoms with Crippen LogP contribution in [0.1, 0.15) is 37.3 Å². The minimum absolute atomic E-state index is 0.828. The molecule has 16 heavy (non-hydrogen) atoms. The van der Waals surface area contributed by atoms with Gasteiger partial charge in [-0.05, 0) is 43.7 Å². The quantitative estimate of drug-likeness (QED) is 0.403. The smallest absolute Gasteiger partial charge is 0.00405 e. The van der Waals surface area contributed by atoms with Crippen LogP contribution in [0.25, 0.3) is 4.91 Å². The van der Waals surface area contributed by atoms with Crippen molar-refractivity contribution in [2.45, 2.75) is 32.6 Å². The third kappa shape index (κ3) is 4.71. The molecule has 0 aromatic heterocycles. The zero-order chi connectivity index (χ0) is 12.0. The van der Waals surface area contributed by atoms with E-state index in [1.54, 1.807) is 0 Å². The van der Waals surface area contributed by atoms with E-state index in [-0.39, 0.29) is 0 Å². The van der Waals surface area contributed by atoms with Crippen LogP contribution in [0.15, 0.2) is 43.0 Å². The molecular formula is C15H20S. The molecule has 1 heteroatoms. The average Bonchev–Trinajstić information content (AvgIpc) is 2.25. The number of allylic oxidation sites excluding steroid dienone is 1. The summed E-state index contributed by atoms with van der Waals surface area (Å²) in [7, 11) is 0. The molecule has 0 nitrogen and oxygen atoms in total. The summed E-state index contributed by atoms with van der Waals surface area (Å²) >= 11 is 4.23. The number of unbranched alkanes of at least 4 members (excludes halogenated alkanes) is 1. The molecule has 0 atom stereocenters. The van der Waals surface area contributed by atoms with Crippen LogP contribution >= 0.6 is 12.6 Å². The second-order valence-electron chi connectivity index (χ2n) is 4.31. The molecule has 86 valence electrons. The van der Waals surface area contributed by atoms with E-state index >= 15 is 0 Å². The Morgan fingerprint density at radius 3 is 2.25 bits per heavy atom. The fraction of sp³-hybridized carbons (Fsp3) is 0.333. The highest BCUT2D eigenvalue weighted by atomic mass is 32.1. The molecule has 0 saturated heterocycles. The number of hydrogen-bond donors (Lipinski definition) is 1. The van der Waals surface area contributed by atoms with Gasteiger partial charge in [0.1, 0.15) is 0 Å². The van der Waals surface area contributed by atoms with Crippen molar-refractivity contribution in [2.75, 3.05) is 0 Å². The van der Waals surface area contributed by atoms with E-state index in [1.165, 1.54) is 24.0 Å². The second-order valence-corrected chi connectivity index (χ2v) is 4.85. The molecule has 0 radical (unpaired) electrons. The Morgan fingerprint density at radius 2 is 1.75 bits per heavy atom. The minimum Gasteiger partial charge on any atom is -0.143 e. The highest BCUT2D eigenvalue weighted by molar-refractivity contribution is 7.90. The predicted octanol–water partition coefficient (Wildman–Crippen LogP) is 4.88. The molecule has 0 aliphatic rings. The molecule has 0 amide bonds. The van der Waals surface area contributed by atoms with Crippen molar-refractivity contribution in [3.63, 3.8) is 0 Å². The van der Waals surface area contributed by atoms with Gasteiger partial charge in [-0.1, -0.05) is 36.4 Å². The fourth-order valence-electron chi connectivity index (χ4n) is 1.62. The molecule has 1 rings (SSSR count). The zero-order valence-corrected chi connectivity index (χ0v) is 10.9. The molecule has 0 heterocycles. The molecule has 0 unspecified atom stereocenters. The lowest BCUT2D eigenvalue weighted by atomic mass is 10.0. The molecular weight excluding hydrogens is 212 g/mol. The van der Waals surface area contributed by atoms with E-state index in [1.807, 2.05) is 0 Å². The Balaban J connectivity index is 2.38. The summed E-state index contributed by atoms with van der Waals surface area (Å²) in [6, 6.07) is 8.50. The van der Waals surface area contributed by atoms with Gasteiger partial charge in [-0.15, -0.1) is 19.2 Å². The summed E-state index contributed by atoms with van der Waals surface area (Å²) in [6.45, 7) is 9.81. The summed E-state index contributed by atoms with van der Waals surface area (Å²) in [5.41, 5.74) is 3.77. The van der Waals surface area contributed by atoms with Crippen LogP contribution in [0.2, 0.25) is 0 Å². The first-order valence-electron chi connectivity index (χ1n) is 5.71. The van der Waals surface area contributed by atoms with Crippen molar-refractivity contribution >= 4 is 17.5 Å². The van der Waals surface area contributed by atoms with Crippen LogP contribution in [-0.4, -0.2) is 0 Å². The summed E-state index contributed by atoms with van der Waals surface area (Å²) < 4.78 is 0. The number of benzene rings is 1. The van der Waals surface area contributed by atoms with Crippen molar-refractivity contribution in [3.8, 4) is 0 Å². The molecule has 0 N–H and O–H groups in total. The number of hydrogen-bond acceptors (Lipinski definition) is 1. The van der Waals surface area contributed by atoms with E-state index in [0.717, 1.165) is 23.3 Å². The van der Waals surface area contributed by atoms with E-state index < -0.39 is 0 Å². The van der Waals surface area contributed by atoms with Gasteiger partial charge in [0, 0.05) is 4.91 Å². The van der Waals surface area contributed by atoms with Crippen molar-refractivity contribution in [1.29, 1.82) is 0 Å². The van der Waals surface area contributed by atoms with Crippen LogP contribution in [0, 0.1) is 0 Å². The van der Waals surface area contributed by atoms with Gasteiger partial charge in [0.25, 0.3) is 0 Å². The maximum Gasteiger partial charge on any atom is 0.00405 e. The Kier molecular flexibility index (Phi) is 5.41. The Hall–Kier alpha value is -0.950. The van der Waals surface area contributed by atoms with Crippen molar-refractivity contribution < 1.29 is 0 Å². The standard InChI is InChI=1S/C15H20S/c1-12(2)6-4-5-7-14-8-10-15(11-9-14)13(3)16/h8-11,16H,1,3-7H2,2H3. The first-order chi connectivity index (χ1) is 7.59.